The number of carbonyl (C=O) groups excluding carboxylic acids is 1. The highest BCUT2D eigenvalue weighted by molar-refractivity contribution is 5.78. The van der Waals surface area contributed by atoms with Crippen LogP contribution in [0.5, 0.6) is 0 Å². The number of rotatable bonds is 0. The van der Waals surface area contributed by atoms with Gasteiger partial charge in [0.2, 0.25) is 11.9 Å². The van der Waals surface area contributed by atoms with Gasteiger partial charge in [-0.1, -0.05) is 12.1 Å². The van der Waals surface area contributed by atoms with Crippen molar-refractivity contribution in [1.82, 2.24) is 24.8 Å². The number of aromatic nitrogens is 3. The number of amides is 1. The van der Waals surface area contributed by atoms with Gasteiger partial charge >= 0.3 is 0 Å². The van der Waals surface area contributed by atoms with Crippen molar-refractivity contribution in [2.75, 3.05) is 50.5 Å². The highest BCUT2D eigenvalue weighted by atomic mass is 16.2. The Bertz CT molecular complexity index is 1160. The molecule has 0 spiro atoms. The lowest BCUT2D eigenvalue weighted by Gasteiger charge is -2.33. The number of hydrogen-bond donors (Lipinski definition) is 1. The van der Waals surface area contributed by atoms with Gasteiger partial charge in [-0.05, 0) is 68.2 Å². The van der Waals surface area contributed by atoms with Gasteiger partial charge in [0.25, 0.3) is 0 Å². The van der Waals surface area contributed by atoms with E-state index in [4.69, 9.17) is 4.98 Å². The highest BCUT2D eigenvalue weighted by Gasteiger charge is 2.27. The summed E-state index contributed by atoms with van der Waals surface area (Å²) >= 11 is 0. The van der Waals surface area contributed by atoms with Crippen LogP contribution in [0.25, 0.3) is 11.3 Å². The zero-order valence-electron chi connectivity index (χ0n) is 20.5. The second-order valence-corrected chi connectivity index (χ2v) is 9.58. The minimum absolute atomic E-state index is 0.124. The lowest BCUT2D eigenvalue weighted by atomic mass is 9.95. The first kappa shape index (κ1) is 23.2. The van der Waals surface area contributed by atoms with Crippen LogP contribution >= 0.6 is 0 Å². The van der Waals surface area contributed by atoms with Gasteiger partial charge in [-0.3, -0.25) is 9.69 Å². The summed E-state index contributed by atoms with van der Waals surface area (Å²) < 4.78 is 0. The minimum Gasteiger partial charge on any atom is -0.360 e. The summed E-state index contributed by atoms with van der Waals surface area (Å²) in [6.45, 7) is 4.35. The molecule has 35 heavy (non-hydrogen) atoms. The predicted molar refractivity (Wildman–Crippen MR) is 139 cm³/mol. The Morgan fingerprint density at radius 3 is 2.57 bits per heavy atom. The van der Waals surface area contributed by atoms with E-state index in [-0.39, 0.29) is 11.8 Å². The van der Waals surface area contributed by atoms with Crippen LogP contribution in [0, 0.1) is 5.92 Å². The normalized spacial score (nSPS) is 21.3. The summed E-state index contributed by atoms with van der Waals surface area (Å²) in [4.78, 5) is 33.3. The monoisotopic (exact) mass is 471 g/mol. The Balaban J connectivity index is 1.41. The van der Waals surface area contributed by atoms with E-state index >= 15 is 0 Å². The zero-order chi connectivity index (χ0) is 24.2. The molecule has 1 saturated heterocycles. The predicted octanol–water partition coefficient (Wildman–Crippen LogP) is 3.79. The van der Waals surface area contributed by atoms with Crippen LogP contribution in [0.1, 0.15) is 24.8 Å². The van der Waals surface area contributed by atoms with E-state index in [0.29, 0.717) is 5.95 Å². The molecule has 0 aliphatic carbocycles. The van der Waals surface area contributed by atoms with Gasteiger partial charge in [0.1, 0.15) is 5.82 Å². The van der Waals surface area contributed by atoms with Crippen molar-refractivity contribution in [2.45, 2.75) is 25.8 Å². The molecule has 3 aromatic rings. The molecule has 8 bridgehead atoms. The van der Waals surface area contributed by atoms with Crippen molar-refractivity contribution in [2.24, 2.45) is 5.92 Å². The van der Waals surface area contributed by atoms with Gasteiger partial charge in [0.15, 0.2) is 0 Å². The molecule has 0 unspecified atom stereocenters. The number of pyridine rings is 1. The zero-order valence-corrected chi connectivity index (χ0v) is 20.5. The maximum absolute atomic E-state index is 13.0. The molecule has 8 rings (SSSR count). The third kappa shape index (κ3) is 5.59. The van der Waals surface area contributed by atoms with E-state index in [0.717, 1.165) is 74.7 Å². The number of benzene rings is 1. The molecule has 8 heteroatoms. The van der Waals surface area contributed by atoms with Gasteiger partial charge in [-0.2, -0.15) is 0 Å². The van der Waals surface area contributed by atoms with E-state index in [9.17, 15) is 4.79 Å². The van der Waals surface area contributed by atoms with E-state index in [2.05, 4.69) is 43.3 Å². The first-order chi connectivity index (χ1) is 17.0. The molecule has 1 fully saturated rings. The lowest BCUT2D eigenvalue weighted by Crippen LogP contribution is -2.41. The SMILES string of the molecule is CN1CCCN(C)c2ccc(cn2)-c2ccnc(n2)Nc2cccc(c2)CN2CCC(CC2)C1=O. The number of carbonyl (C=O) groups is 1. The van der Waals surface area contributed by atoms with Crippen LogP contribution in [0.3, 0.4) is 0 Å². The molecule has 0 radical (unpaired) electrons. The number of hydrogen-bond acceptors (Lipinski definition) is 7. The molecule has 0 atom stereocenters. The lowest BCUT2D eigenvalue weighted by molar-refractivity contribution is -0.135. The summed E-state index contributed by atoms with van der Waals surface area (Å²) in [5.74, 6) is 1.87. The van der Waals surface area contributed by atoms with E-state index < -0.39 is 0 Å². The number of piperidine rings is 1. The second-order valence-electron chi connectivity index (χ2n) is 9.58. The van der Waals surface area contributed by atoms with E-state index in [1.165, 1.54) is 5.56 Å². The summed E-state index contributed by atoms with van der Waals surface area (Å²) in [5.41, 5.74) is 3.96. The molecule has 1 N–H and O–H groups in total. The van der Waals surface area contributed by atoms with Crippen LogP contribution in [0.4, 0.5) is 17.5 Å². The highest BCUT2D eigenvalue weighted by Crippen LogP contribution is 2.24. The molecule has 1 amide bonds. The van der Waals surface area contributed by atoms with Crippen LogP contribution in [-0.2, 0) is 11.3 Å². The third-order valence-corrected chi connectivity index (χ3v) is 6.98. The summed E-state index contributed by atoms with van der Waals surface area (Å²) in [6.07, 6.45) is 6.36. The van der Waals surface area contributed by atoms with E-state index in [1.807, 2.05) is 49.5 Å². The summed E-state index contributed by atoms with van der Waals surface area (Å²) in [7, 11) is 3.98. The Morgan fingerprint density at radius 2 is 1.77 bits per heavy atom. The number of nitrogens with one attached hydrogen (secondary N) is 1. The maximum Gasteiger partial charge on any atom is 0.227 e. The van der Waals surface area contributed by atoms with Gasteiger partial charge in [-0.15, -0.1) is 0 Å². The van der Waals surface area contributed by atoms with Gasteiger partial charge in [0.05, 0.1) is 5.69 Å². The van der Waals surface area contributed by atoms with Crippen LogP contribution in [0.2, 0.25) is 0 Å². The van der Waals surface area contributed by atoms with Crippen molar-refractivity contribution < 1.29 is 4.79 Å². The Kier molecular flexibility index (Phi) is 6.90. The van der Waals surface area contributed by atoms with Gasteiger partial charge in [-0.25, -0.2) is 15.0 Å². The molecule has 5 aliphatic rings. The topological polar surface area (TPSA) is 77.5 Å². The molecular weight excluding hydrogens is 438 g/mol. The van der Waals surface area contributed by atoms with Crippen molar-refractivity contribution in [3.8, 4) is 11.3 Å². The summed E-state index contributed by atoms with van der Waals surface area (Å²) in [5, 5.41) is 3.35. The average molecular weight is 472 g/mol. The quantitative estimate of drug-likeness (QED) is 0.534. The first-order valence-electron chi connectivity index (χ1n) is 12.4. The Labute approximate surface area is 207 Å². The van der Waals surface area contributed by atoms with Crippen LogP contribution in [0.15, 0.2) is 54.9 Å². The van der Waals surface area contributed by atoms with Crippen LogP contribution in [-0.4, -0.2) is 70.9 Å². The van der Waals surface area contributed by atoms with Crippen molar-refractivity contribution in [3.05, 3.63) is 60.4 Å². The molecule has 8 nitrogen and oxygen atoms in total. The molecule has 1 aromatic carbocycles. The molecule has 5 aliphatic heterocycles. The first-order valence-corrected chi connectivity index (χ1v) is 12.4. The average Bonchev–Trinajstić information content (AvgIpc) is 2.88. The fraction of sp³-hybridized carbons (Fsp3) is 0.407. The Hall–Kier alpha value is -3.52. The minimum atomic E-state index is 0.124. The van der Waals surface area contributed by atoms with Crippen molar-refractivity contribution >= 4 is 23.4 Å². The molecule has 7 heterocycles. The van der Waals surface area contributed by atoms with Crippen LogP contribution < -0.4 is 10.2 Å². The number of anilines is 3. The van der Waals surface area contributed by atoms with Gasteiger partial charge in [0, 0.05) is 63.3 Å². The molecule has 182 valence electrons. The standard InChI is InChI=1S/C27H33N7O/c1-32-13-4-14-33(2)26(35)21-10-15-34(16-11-21)19-20-5-3-6-23(17-20)30-27-28-12-9-24(31-27)22-7-8-25(32)29-18-22/h3,5-9,12,17-18,21H,4,10-11,13-16,19H2,1-2H3,(H,28,30,31). The molecule has 2 aromatic heterocycles. The van der Waals surface area contributed by atoms with Crippen molar-refractivity contribution in [3.63, 3.8) is 0 Å². The van der Waals surface area contributed by atoms with Gasteiger partial charge < -0.3 is 15.1 Å². The maximum atomic E-state index is 13.0. The second kappa shape index (κ2) is 10.4. The summed E-state index contributed by atoms with van der Waals surface area (Å²) in [6, 6.07) is 14.3. The third-order valence-electron chi connectivity index (χ3n) is 6.98. The fourth-order valence-corrected chi connectivity index (χ4v) is 4.90. The number of nitrogens with zero attached hydrogens (tertiary/aromatic N) is 6. The Morgan fingerprint density at radius 1 is 0.943 bits per heavy atom. The fourth-order valence-electron chi connectivity index (χ4n) is 4.90. The largest absolute Gasteiger partial charge is 0.360 e. The molecular formula is C27H33N7O. The smallest absolute Gasteiger partial charge is 0.227 e. The molecule has 0 saturated carbocycles. The van der Waals surface area contributed by atoms with E-state index in [1.54, 1.807) is 6.20 Å². The van der Waals surface area contributed by atoms with Crippen molar-refractivity contribution in [1.29, 1.82) is 0 Å².